The molecule has 5 heteroatoms. The zero-order valence-electron chi connectivity index (χ0n) is 13.7. The summed E-state index contributed by atoms with van der Waals surface area (Å²) in [5.41, 5.74) is 1.80. The minimum atomic E-state index is 0.0315. The molecular formula is C18H23N3O2. The highest BCUT2D eigenvalue weighted by Crippen LogP contribution is 2.26. The average molecular weight is 313 g/mol. The fraction of sp³-hybridized carbons (Fsp3) is 0.444. The highest BCUT2D eigenvalue weighted by Gasteiger charge is 2.28. The molecule has 0 unspecified atom stereocenters. The van der Waals surface area contributed by atoms with Gasteiger partial charge in [0.05, 0.1) is 12.7 Å². The first-order valence-corrected chi connectivity index (χ1v) is 8.07. The predicted octanol–water partition coefficient (Wildman–Crippen LogP) is 2.82. The van der Waals surface area contributed by atoms with Crippen LogP contribution in [-0.2, 0) is 6.54 Å². The lowest BCUT2D eigenvalue weighted by atomic mass is 9.89. The van der Waals surface area contributed by atoms with Gasteiger partial charge in [0, 0.05) is 30.9 Å². The molecular weight excluding hydrogens is 290 g/mol. The Kier molecular flexibility index (Phi) is 4.76. The van der Waals surface area contributed by atoms with E-state index in [0.29, 0.717) is 11.3 Å². The number of ether oxygens (including phenoxy) is 1. The number of hydrogen-bond donors (Lipinski definition) is 1. The van der Waals surface area contributed by atoms with E-state index in [4.69, 9.17) is 4.74 Å². The number of nitrogens with one attached hydrogen (secondary N) is 1. The van der Waals surface area contributed by atoms with Crippen molar-refractivity contribution in [1.29, 1.82) is 0 Å². The molecule has 1 aliphatic rings. The summed E-state index contributed by atoms with van der Waals surface area (Å²) in [6, 6.07) is 7.49. The van der Waals surface area contributed by atoms with Crippen molar-refractivity contribution in [1.82, 2.24) is 14.9 Å². The summed E-state index contributed by atoms with van der Waals surface area (Å²) in [6.45, 7) is 4.58. The molecule has 1 aromatic carbocycles. The minimum Gasteiger partial charge on any atom is -0.496 e. The molecule has 122 valence electrons. The van der Waals surface area contributed by atoms with Gasteiger partial charge >= 0.3 is 0 Å². The maximum atomic E-state index is 12.9. The lowest BCUT2D eigenvalue weighted by Gasteiger charge is -2.31. The maximum Gasteiger partial charge on any atom is 0.170 e. The third kappa shape index (κ3) is 3.62. The van der Waals surface area contributed by atoms with E-state index in [1.165, 1.54) is 0 Å². The number of aromatic amines is 1. The number of methoxy groups -OCH3 is 1. The van der Waals surface area contributed by atoms with E-state index in [2.05, 4.69) is 14.9 Å². The van der Waals surface area contributed by atoms with Crippen molar-refractivity contribution in [3.05, 3.63) is 47.5 Å². The van der Waals surface area contributed by atoms with Gasteiger partial charge in [-0.05, 0) is 38.4 Å². The fourth-order valence-electron chi connectivity index (χ4n) is 3.27. The largest absolute Gasteiger partial charge is 0.496 e. The van der Waals surface area contributed by atoms with Crippen LogP contribution >= 0.6 is 0 Å². The van der Waals surface area contributed by atoms with Gasteiger partial charge < -0.3 is 9.72 Å². The molecule has 1 fully saturated rings. The van der Waals surface area contributed by atoms with Crippen molar-refractivity contribution in [3.8, 4) is 5.75 Å². The number of piperidine rings is 1. The molecule has 0 spiro atoms. The SMILES string of the molecule is COc1ccccc1C(=O)[C@@H]1CCCN(Cc2cnc(C)[nH]2)C1. The number of hydrogen-bond acceptors (Lipinski definition) is 4. The van der Waals surface area contributed by atoms with E-state index in [-0.39, 0.29) is 11.7 Å². The Bertz CT molecular complexity index is 680. The van der Waals surface area contributed by atoms with E-state index < -0.39 is 0 Å². The maximum absolute atomic E-state index is 12.9. The Morgan fingerprint density at radius 1 is 1.43 bits per heavy atom. The lowest BCUT2D eigenvalue weighted by molar-refractivity contribution is 0.0807. The van der Waals surface area contributed by atoms with Crippen LogP contribution in [0.4, 0.5) is 0 Å². The van der Waals surface area contributed by atoms with Gasteiger partial charge in [-0.25, -0.2) is 4.98 Å². The predicted molar refractivity (Wildman–Crippen MR) is 88.7 cm³/mol. The van der Waals surface area contributed by atoms with Crippen LogP contribution in [0.2, 0.25) is 0 Å². The van der Waals surface area contributed by atoms with Crippen LogP contribution in [0.3, 0.4) is 0 Å². The Morgan fingerprint density at radius 2 is 2.26 bits per heavy atom. The third-order valence-corrected chi connectivity index (χ3v) is 4.40. The molecule has 0 radical (unpaired) electrons. The van der Waals surface area contributed by atoms with Crippen LogP contribution in [-0.4, -0.2) is 40.9 Å². The van der Waals surface area contributed by atoms with E-state index in [1.54, 1.807) is 7.11 Å². The number of nitrogens with zero attached hydrogens (tertiary/aromatic N) is 2. The van der Waals surface area contributed by atoms with Crippen molar-refractivity contribution >= 4 is 5.78 Å². The number of Topliss-reactive ketones (excluding diaryl/α,β-unsaturated/α-hetero) is 1. The highest BCUT2D eigenvalue weighted by atomic mass is 16.5. The van der Waals surface area contributed by atoms with E-state index >= 15 is 0 Å². The number of benzene rings is 1. The van der Waals surface area contributed by atoms with Crippen molar-refractivity contribution in [3.63, 3.8) is 0 Å². The van der Waals surface area contributed by atoms with E-state index in [0.717, 1.165) is 44.0 Å². The summed E-state index contributed by atoms with van der Waals surface area (Å²) in [4.78, 5) is 22.7. The summed E-state index contributed by atoms with van der Waals surface area (Å²) >= 11 is 0. The molecule has 0 bridgehead atoms. The molecule has 1 N–H and O–H groups in total. The van der Waals surface area contributed by atoms with Gasteiger partial charge in [-0.3, -0.25) is 9.69 Å². The molecule has 3 rings (SSSR count). The number of ketones is 1. The molecule has 1 aromatic heterocycles. The highest BCUT2D eigenvalue weighted by molar-refractivity contribution is 6.00. The minimum absolute atomic E-state index is 0.0315. The van der Waals surface area contributed by atoms with Crippen molar-refractivity contribution in [2.45, 2.75) is 26.3 Å². The van der Waals surface area contributed by atoms with Crippen molar-refractivity contribution in [2.75, 3.05) is 20.2 Å². The lowest BCUT2D eigenvalue weighted by Crippen LogP contribution is -2.38. The fourth-order valence-corrected chi connectivity index (χ4v) is 3.27. The van der Waals surface area contributed by atoms with Gasteiger partial charge in [0.25, 0.3) is 0 Å². The molecule has 1 saturated heterocycles. The first-order chi connectivity index (χ1) is 11.2. The molecule has 0 amide bonds. The first kappa shape index (κ1) is 15.7. The normalized spacial score (nSPS) is 18.8. The first-order valence-electron chi connectivity index (χ1n) is 8.07. The van der Waals surface area contributed by atoms with Crippen LogP contribution in [0.25, 0.3) is 0 Å². The van der Waals surface area contributed by atoms with E-state index in [9.17, 15) is 4.79 Å². The molecule has 0 saturated carbocycles. The Balaban J connectivity index is 1.69. The number of carbonyl (C=O) groups is 1. The van der Waals surface area contributed by atoms with Crippen LogP contribution in [0, 0.1) is 12.8 Å². The van der Waals surface area contributed by atoms with Crippen LogP contribution in [0.1, 0.15) is 34.7 Å². The molecule has 5 nitrogen and oxygen atoms in total. The Hall–Kier alpha value is -2.14. The monoisotopic (exact) mass is 313 g/mol. The summed E-state index contributed by atoms with van der Waals surface area (Å²) in [6.07, 6.45) is 3.86. The quantitative estimate of drug-likeness (QED) is 0.862. The second-order valence-electron chi connectivity index (χ2n) is 6.13. The van der Waals surface area contributed by atoms with Gasteiger partial charge in [-0.1, -0.05) is 12.1 Å². The molecule has 2 aromatic rings. The summed E-state index contributed by atoms with van der Waals surface area (Å²) in [5, 5.41) is 0. The zero-order valence-corrected chi connectivity index (χ0v) is 13.7. The second-order valence-corrected chi connectivity index (χ2v) is 6.13. The number of imidazole rings is 1. The number of aromatic nitrogens is 2. The topological polar surface area (TPSA) is 58.2 Å². The number of carbonyl (C=O) groups excluding carboxylic acids is 1. The van der Waals surface area contributed by atoms with Gasteiger partial charge in [0.15, 0.2) is 5.78 Å². The smallest absolute Gasteiger partial charge is 0.170 e. The van der Waals surface area contributed by atoms with Gasteiger partial charge in [-0.2, -0.15) is 0 Å². The van der Waals surface area contributed by atoms with Crippen molar-refractivity contribution in [2.24, 2.45) is 5.92 Å². The summed E-state index contributed by atoms with van der Waals surface area (Å²) < 4.78 is 5.33. The van der Waals surface area contributed by atoms with Gasteiger partial charge in [0.2, 0.25) is 0 Å². The summed E-state index contributed by atoms with van der Waals surface area (Å²) in [7, 11) is 1.61. The van der Waals surface area contributed by atoms with Crippen LogP contribution in [0.15, 0.2) is 30.5 Å². The number of para-hydroxylation sites is 1. The third-order valence-electron chi connectivity index (χ3n) is 4.40. The van der Waals surface area contributed by atoms with E-state index in [1.807, 2.05) is 37.4 Å². The van der Waals surface area contributed by atoms with Crippen LogP contribution < -0.4 is 4.74 Å². The Labute approximate surface area is 136 Å². The number of likely N-dealkylation sites (tertiary alicyclic amines) is 1. The Morgan fingerprint density at radius 3 is 3.00 bits per heavy atom. The zero-order chi connectivity index (χ0) is 16.2. The molecule has 2 heterocycles. The number of aryl methyl sites for hydroxylation is 1. The standard InChI is InChI=1S/C18H23N3O2/c1-13-19-10-15(20-13)12-21-9-5-6-14(11-21)18(22)16-7-3-4-8-17(16)23-2/h3-4,7-8,10,14H,5-6,9,11-12H2,1-2H3,(H,19,20)/t14-/m1/s1. The van der Waals surface area contributed by atoms with Crippen LogP contribution in [0.5, 0.6) is 5.75 Å². The molecule has 1 atom stereocenters. The molecule has 1 aliphatic heterocycles. The molecule has 0 aliphatic carbocycles. The number of H-pyrrole nitrogens is 1. The number of rotatable bonds is 5. The van der Waals surface area contributed by atoms with Gasteiger partial charge in [0.1, 0.15) is 11.6 Å². The van der Waals surface area contributed by atoms with Gasteiger partial charge in [-0.15, -0.1) is 0 Å². The summed E-state index contributed by atoms with van der Waals surface area (Å²) in [5.74, 6) is 1.81. The molecule has 23 heavy (non-hydrogen) atoms. The van der Waals surface area contributed by atoms with Crippen molar-refractivity contribution < 1.29 is 9.53 Å². The average Bonchev–Trinajstić information content (AvgIpc) is 2.99. The second kappa shape index (κ2) is 6.96.